The Morgan fingerprint density at radius 2 is 1.89 bits per heavy atom. The number of hydrogen-bond donors (Lipinski definition) is 3. The smallest absolute Gasteiger partial charge is 0.411 e. The molecule has 0 radical (unpaired) electrons. The van der Waals surface area contributed by atoms with Gasteiger partial charge >= 0.3 is 12.1 Å². The Hall–Kier alpha value is -4.73. The molecule has 190 valence electrons. The normalized spacial score (nSPS) is 15.6. The summed E-state index contributed by atoms with van der Waals surface area (Å²) in [6, 6.07) is 18.6. The van der Waals surface area contributed by atoms with Gasteiger partial charge in [0.15, 0.2) is 0 Å². The molecule has 37 heavy (non-hydrogen) atoms. The maximum atomic E-state index is 13.0. The number of aromatic nitrogens is 1. The zero-order chi connectivity index (χ0) is 26.2. The van der Waals surface area contributed by atoms with Gasteiger partial charge in [-0.05, 0) is 35.4 Å². The van der Waals surface area contributed by atoms with E-state index in [0.717, 1.165) is 5.56 Å². The van der Waals surface area contributed by atoms with E-state index in [0.29, 0.717) is 16.9 Å². The van der Waals surface area contributed by atoms with Gasteiger partial charge in [-0.15, -0.1) is 0 Å². The molecule has 0 spiro atoms. The molecule has 3 N–H and O–H groups in total. The van der Waals surface area contributed by atoms with E-state index in [1.54, 1.807) is 42.6 Å². The topological polar surface area (TPSA) is 138 Å². The molecule has 10 nitrogen and oxygen atoms in total. The lowest BCUT2D eigenvalue weighted by Crippen LogP contribution is -2.36. The lowest BCUT2D eigenvalue weighted by atomic mass is 10.0. The Morgan fingerprint density at radius 3 is 2.62 bits per heavy atom. The van der Waals surface area contributed by atoms with Crippen molar-refractivity contribution in [2.45, 2.75) is 25.5 Å². The van der Waals surface area contributed by atoms with E-state index in [1.807, 2.05) is 30.3 Å². The van der Waals surface area contributed by atoms with Crippen molar-refractivity contribution in [3.05, 3.63) is 90.3 Å². The van der Waals surface area contributed by atoms with Crippen LogP contribution in [0.25, 0.3) is 0 Å². The van der Waals surface area contributed by atoms with Crippen LogP contribution in [0.1, 0.15) is 30.0 Å². The highest BCUT2D eigenvalue weighted by atomic mass is 16.5. The van der Waals surface area contributed by atoms with Gasteiger partial charge in [0.25, 0.3) is 0 Å². The molecule has 2 heterocycles. The Bertz CT molecular complexity index is 1270. The van der Waals surface area contributed by atoms with E-state index in [4.69, 9.17) is 4.74 Å². The van der Waals surface area contributed by atoms with Crippen LogP contribution in [0, 0.1) is 5.92 Å². The summed E-state index contributed by atoms with van der Waals surface area (Å²) < 4.78 is 5.24. The predicted molar refractivity (Wildman–Crippen MR) is 135 cm³/mol. The molecule has 2 atom stereocenters. The second-order valence-electron chi connectivity index (χ2n) is 8.59. The number of benzene rings is 2. The summed E-state index contributed by atoms with van der Waals surface area (Å²) in [7, 11) is 0. The number of rotatable bonds is 9. The van der Waals surface area contributed by atoms with E-state index < -0.39 is 29.9 Å². The van der Waals surface area contributed by atoms with Crippen LogP contribution in [0.2, 0.25) is 0 Å². The summed E-state index contributed by atoms with van der Waals surface area (Å²) in [5.74, 6) is -2.39. The average Bonchev–Trinajstić information content (AvgIpc) is 3.30. The fraction of sp³-hybridized carbons (Fsp3) is 0.222. The Kier molecular flexibility index (Phi) is 8.09. The van der Waals surface area contributed by atoms with Crippen LogP contribution >= 0.6 is 0 Å². The SMILES string of the molecule is O=C(O)CC(NC(=O)C1CC(=O)N(c2cccc(NC(=O)OCc3ccccc3)c2)C1)c1cccnc1. The molecule has 1 aromatic heterocycles. The molecule has 3 amide bonds. The second-order valence-corrected chi connectivity index (χ2v) is 8.59. The van der Waals surface area contributed by atoms with Crippen molar-refractivity contribution in [2.75, 3.05) is 16.8 Å². The van der Waals surface area contributed by atoms with Gasteiger partial charge in [-0.1, -0.05) is 42.5 Å². The molecule has 2 aromatic carbocycles. The Morgan fingerprint density at radius 1 is 1.08 bits per heavy atom. The number of carbonyl (C=O) groups is 4. The molecule has 1 aliphatic rings. The van der Waals surface area contributed by atoms with Gasteiger partial charge in [-0.25, -0.2) is 4.79 Å². The summed E-state index contributed by atoms with van der Waals surface area (Å²) in [5.41, 5.74) is 2.38. The van der Waals surface area contributed by atoms with Gasteiger partial charge in [-0.3, -0.25) is 24.7 Å². The van der Waals surface area contributed by atoms with Crippen LogP contribution in [0.5, 0.6) is 0 Å². The van der Waals surface area contributed by atoms with Crippen LogP contribution in [-0.2, 0) is 25.7 Å². The molecule has 10 heteroatoms. The zero-order valence-electron chi connectivity index (χ0n) is 19.9. The van der Waals surface area contributed by atoms with Crippen molar-refractivity contribution >= 4 is 35.3 Å². The summed E-state index contributed by atoms with van der Waals surface area (Å²) in [6.45, 7) is 0.245. The molecule has 2 unspecified atom stereocenters. The molecule has 0 saturated carbocycles. The number of aliphatic carboxylic acids is 1. The van der Waals surface area contributed by atoms with E-state index in [9.17, 15) is 24.3 Å². The molecule has 0 bridgehead atoms. The number of hydrogen-bond acceptors (Lipinski definition) is 6. The maximum Gasteiger partial charge on any atom is 0.411 e. The number of anilines is 2. The fourth-order valence-electron chi connectivity index (χ4n) is 4.06. The van der Waals surface area contributed by atoms with E-state index in [2.05, 4.69) is 15.6 Å². The summed E-state index contributed by atoms with van der Waals surface area (Å²) in [5, 5.41) is 14.7. The summed E-state index contributed by atoms with van der Waals surface area (Å²) >= 11 is 0. The minimum Gasteiger partial charge on any atom is -0.481 e. The molecule has 0 aliphatic carbocycles. The lowest BCUT2D eigenvalue weighted by Gasteiger charge is -2.20. The quantitative estimate of drug-likeness (QED) is 0.407. The molecule has 1 fully saturated rings. The lowest BCUT2D eigenvalue weighted by molar-refractivity contribution is -0.138. The number of nitrogens with one attached hydrogen (secondary N) is 2. The highest BCUT2D eigenvalue weighted by Gasteiger charge is 2.36. The fourth-order valence-corrected chi connectivity index (χ4v) is 4.06. The number of nitrogens with zero attached hydrogens (tertiary/aromatic N) is 2. The molecular formula is C27H26N4O6. The van der Waals surface area contributed by atoms with Gasteiger partial charge in [-0.2, -0.15) is 0 Å². The van der Waals surface area contributed by atoms with Gasteiger partial charge in [0.2, 0.25) is 11.8 Å². The van der Waals surface area contributed by atoms with E-state index in [-0.39, 0.29) is 31.9 Å². The zero-order valence-corrected chi connectivity index (χ0v) is 19.9. The van der Waals surface area contributed by atoms with Crippen molar-refractivity contribution in [3.63, 3.8) is 0 Å². The van der Waals surface area contributed by atoms with Gasteiger partial charge < -0.3 is 20.1 Å². The van der Waals surface area contributed by atoms with Gasteiger partial charge in [0.05, 0.1) is 18.4 Å². The second kappa shape index (κ2) is 11.8. The largest absolute Gasteiger partial charge is 0.481 e. The first kappa shape index (κ1) is 25.4. The third kappa shape index (κ3) is 6.91. The predicted octanol–water partition coefficient (Wildman–Crippen LogP) is 3.52. The minimum atomic E-state index is -1.06. The molecule has 1 aliphatic heterocycles. The van der Waals surface area contributed by atoms with Crippen molar-refractivity contribution in [2.24, 2.45) is 5.92 Å². The molecule has 1 saturated heterocycles. The molecule has 4 rings (SSSR count). The first-order chi connectivity index (χ1) is 17.9. The first-order valence-corrected chi connectivity index (χ1v) is 11.7. The first-order valence-electron chi connectivity index (χ1n) is 11.7. The number of pyridine rings is 1. The van der Waals surface area contributed by atoms with E-state index in [1.165, 1.54) is 11.1 Å². The number of amides is 3. The monoisotopic (exact) mass is 502 g/mol. The number of ether oxygens (including phenoxy) is 1. The van der Waals surface area contributed by atoms with Crippen LogP contribution < -0.4 is 15.5 Å². The van der Waals surface area contributed by atoms with Crippen LogP contribution in [0.4, 0.5) is 16.2 Å². The van der Waals surface area contributed by atoms with Crippen molar-refractivity contribution in [3.8, 4) is 0 Å². The van der Waals surface area contributed by atoms with Crippen LogP contribution in [0.3, 0.4) is 0 Å². The summed E-state index contributed by atoms with van der Waals surface area (Å²) in [6.07, 6.45) is 2.10. The maximum absolute atomic E-state index is 13.0. The van der Waals surface area contributed by atoms with Crippen LogP contribution in [-0.4, -0.2) is 40.5 Å². The summed E-state index contributed by atoms with van der Waals surface area (Å²) in [4.78, 5) is 54.7. The Balaban J connectivity index is 1.37. The molecular weight excluding hydrogens is 476 g/mol. The minimum absolute atomic E-state index is 0.0184. The number of carboxylic acid groups (broad SMARTS) is 1. The third-order valence-electron chi connectivity index (χ3n) is 5.89. The average molecular weight is 503 g/mol. The molecule has 3 aromatic rings. The highest BCUT2D eigenvalue weighted by Crippen LogP contribution is 2.28. The standard InChI is InChI=1S/C27H26N4O6/c32-24-12-20(26(35)30-23(14-25(33)34)19-8-5-11-28-15-19)16-31(24)22-10-4-9-21(13-22)29-27(36)37-17-18-6-2-1-3-7-18/h1-11,13,15,20,23H,12,14,16-17H2,(H,29,36)(H,30,35)(H,33,34). The van der Waals surface area contributed by atoms with Crippen LogP contribution in [0.15, 0.2) is 79.1 Å². The number of carbonyl (C=O) groups excluding carboxylic acids is 3. The van der Waals surface area contributed by atoms with Crippen molar-refractivity contribution < 1.29 is 29.0 Å². The van der Waals surface area contributed by atoms with Crippen molar-refractivity contribution in [1.29, 1.82) is 0 Å². The highest BCUT2D eigenvalue weighted by molar-refractivity contribution is 6.01. The Labute approximate surface area is 213 Å². The third-order valence-corrected chi connectivity index (χ3v) is 5.89. The van der Waals surface area contributed by atoms with Gasteiger partial charge in [0, 0.05) is 36.7 Å². The van der Waals surface area contributed by atoms with Gasteiger partial charge in [0.1, 0.15) is 6.61 Å². The van der Waals surface area contributed by atoms with E-state index >= 15 is 0 Å². The van der Waals surface area contributed by atoms with Crippen molar-refractivity contribution in [1.82, 2.24) is 10.3 Å². The number of carboxylic acids is 1.